The zero-order valence-electron chi connectivity index (χ0n) is 18.0. The Bertz CT molecular complexity index is 850. The van der Waals surface area contributed by atoms with E-state index in [0.29, 0.717) is 26.2 Å². The van der Waals surface area contributed by atoms with Crippen LogP contribution in [0.3, 0.4) is 0 Å². The quantitative estimate of drug-likeness (QED) is 0.690. The normalized spacial score (nSPS) is 15.4. The summed E-state index contributed by atoms with van der Waals surface area (Å²) in [7, 11) is 0. The molecule has 2 heterocycles. The second-order valence-corrected chi connectivity index (χ2v) is 8.53. The zero-order chi connectivity index (χ0) is 21.5. The molecule has 0 bridgehead atoms. The number of aryl methyl sites for hydroxylation is 1. The Balaban J connectivity index is 1.74. The Morgan fingerprint density at radius 1 is 1.23 bits per heavy atom. The highest BCUT2D eigenvalue weighted by molar-refractivity contribution is 7.10. The lowest BCUT2D eigenvalue weighted by molar-refractivity contribution is -0.135. The molecule has 6 nitrogen and oxygen atoms in total. The fraction of sp³-hybridized carbons (Fsp3) is 0.478. The van der Waals surface area contributed by atoms with Gasteiger partial charge in [0.05, 0.1) is 6.04 Å². The predicted molar refractivity (Wildman–Crippen MR) is 120 cm³/mol. The van der Waals surface area contributed by atoms with E-state index >= 15 is 0 Å². The molecule has 0 radical (unpaired) electrons. The molecule has 0 saturated heterocycles. The second kappa shape index (κ2) is 10.5. The van der Waals surface area contributed by atoms with Gasteiger partial charge >= 0.3 is 6.03 Å². The molecular formula is C23H31N3O3S. The SMILES string of the molecule is CCCN(CC(=O)N1CCc2sccc2[C@H]1COc1ccc(C)cc1)C(=O)NCC. The summed E-state index contributed by atoms with van der Waals surface area (Å²) in [5.74, 6) is 0.759. The summed E-state index contributed by atoms with van der Waals surface area (Å²) in [5.41, 5.74) is 2.34. The molecule has 7 heteroatoms. The van der Waals surface area contributed by atoms with Crippen LogP contribution in [0.15, 0.2) is 35.7 Å². The average Bonchev–Trinajstić information content (AvgIpc) is 3.22. The van der Waals surface area contributed by atoms with Gasteiger partial charge in [-0.3, -0.25) is 4.79 Å². The van der Waals surface area contributed by atoms with E-state index < -0.39 is 0 Å². The van der Waals surface area contributed by atoms with Crippen LogP contribution in [-0.2, 0) is 11.2 Å². The molecular weight excluding hydrogens is 398 g/mol. The highest BCUT2D eigenvalue weighted by Gasteiger charge is 2.33. The largest absolute Gasteiger partial charge is 0.491 e. The summed E-state index contributed by atoms with van der Waals surface area (Å²) < 4.78 is 6.06. The Kier molecular flexibility index (Phi) is 7.74. The lowest BCUT2D eigenvalue weighted by atomic mass is 10.0. The Labute approximate surface area is 182 Å². The molecule has 0 fully saturated rings. The van der Waals surface area contributed by atoms with Gasteiger partial charge in [-0.1, -0.05) is 24.6 Å². The molecule has 3 rings (SSSR count). The van der Waals surface area contributed by atoms with Crippen LogP contribution in [0.4, 0.5) is 4.79 Å². The monoisotopic (exact) mass is 429 g/mol. The van der Waals surface area contributed by atoms with Crippen molar-refractivity contribution in [2.24, 2.45) is 0 Å². The number of carbonyl (C=O) groups excluding carboxylic acids is 2. The van der Waals surface area contributed by atoms with Crippen molar-refractivity contribution < 1.29 is 14.3 Å². The first-order chi connectivity index (χ1) is 14.5. The number of thiophene rings is 1. The van der Waals surface area contributed by atoms with Crippen molar-refractivity contribution in [2.45, 2.75) is 39.7 Å². The van der Waals surface area contributed by atoms with Gasteiger partial charge < -0.3 is 19.9 Å². The first kappa shape index (κ1) is 22.2. The van der Waals surface area contributed by atoms with E-state index in [0.717, 1.165) is 24.2 Å². The number of amides is 3. The van der Waals surface area contributed by atoms with Gasteiger partial charge in [0.2, 0.25) is 5.91 Å². The van der Waals surface area contributed by atoms with Crippen molar-refractivity contribution in [1.29, 1.82) is 0 Å². The first-order valence-corrected chi connectivity index (χ1v) is 11.5. The summed E-state index contributed by atoms with van der Waals surface area (Å²) in [6, 6.07) is 9.71. The molecule has 1 atom stereocenters. The summed E-state index contributed by atoms with van der Waals surface area (Å²) in [6.07, 6.45) is 1.65. The third kappa shape index (κ3) is 5.33. The van der Waals surface area contributed by atoms with Crippen LogP contribution in [0.1, 0.15) is 42.3 Å². The number of urea groups is 1. The van der Waals surface area contributed by atoms with Crippen molar-refractivity contribution >= 4 is 23.3 Å². The molecule has 1 aliphatic heterocycles. The molecule has 30 heavy (non-hydrogen) atoms. The third-order valence-electron chi connectivity index (χ3n) is 5.28. The van der Waals surface area contributed by atoms with Gasteiger partial charge in [-0.25, -0.2) is 4.79 Å². The number of nitrogens with one attached hydrogen (secondary N) is 1. The highest BCUT2D eigenvalue weighted by Crippen LogP contribution is 2.34. The van der Waals surface area contributed by atoms with E-state index in [1.807, 2.05) is 49.9 Å². The van der Waals surface area contributed by atoms with Crippen LogP contribution in [0, 0.1) is 6.92 Å². The highest BCUT2D eigenvalue weighted by atomic mass is 32.1. The molecule has 1 aromatic heterocycles. The van der Waals surface area contributed by atoms with E-state index in [9.17, 15) is 9.59 Å². The van der Waals surface area contributed by atoms with E-state index in [1.54, 1.807) is 16.2 Å². The standard InChI is InChI=1S/C23H31N3O3S/c1-4-12-25(23(28)24-5-2)15-22(27)26-13-10-21-19(11-14-30-21)20(26)16-29-18-8-6-17(3)7-9-18/h6-9,11,14,20H,4-5,10,12-13,15-16H2,1-3H3,(H,24,28)/t20-/m1/s1. The lowest BCUT2D eigenvalue weighted by Crippen LogP contribution is -2.50. The van der Waals surface area contributed by atoms with Gasteiger partial charge in [0.15, 0.2) is 0 Å². The Morgan fingerprint density at radius 2 is 2.00 bits per heavy atom. The molecule has 0 aliphatic carbocycles. The van der Waals surface area contributed by atoms with Crippen LogP contribution >= 0.6 is 11.3 Å². The molecule has 3 amide bonds. The van der Waals surface area contributed by atoms with Crippen LogP contribution in [-0.4, -0.2) is 54.5 Å². The van der Waals surface area contributed by atoms with Crippen LogP contribution in [0.2, 0.25) is 0 Å². The van der Waals surface area contributed by atoms with E-state index in [2.05, 4.69) is 16.8 Å². The molecule has 0 unspecified atom stereocenters. The molecule has 2 aromatic rings. The maximum Gasteiger partial charge on any atom is 0.317 e. The molecule has 1 aromatic carbocycles. The summed E-state index contributed by atoms with van der Waals surface area (Å²) in [6.45, 7) is 8.15. The molecule has 1 aliphatic rings. The van der Waals surface area contributed by atoms with Gasteiger partial charge in [0.1, 0.15) is 18.9 Å². The smallest absolute Gasteiger partial charge is 0.317 e. The van der Waals surface area contributed by atoms with Crippen molar-refractivity contribution in [3.63, 3.8) is 0 Å². The minimum Gasteiger partial charge on any atom is -0.491 e. The van der Waals surface area contributed by atoms with Gasteiger partial charge in [-0.2, -0.15) is 0 Å². The molecule has 0 saturated carbocycles. The van der Waals surface area contributed by atoms with Crippen LogP contribution < -0.4 is 10.1 Å². The van der Waals surface area contributed by atoms with Crippen LogP contribution in [0.25, 0.3) is 0 Å². The first-order valence-electron chi connectivity index (χ1n) is 10.6. The maximum atomic E-state index is 13.2. The van der Waals surface area contributed by atoms with Crippen molar-refractivity contribution in [2.75, 3.05) is 32.8 Å². The Morgan fingerprint density at radius 3 is 2.70 bits per heavy atom. The number of fused-ring (bicyclic) bond motifs is 1. The molecule has 1 N–H and O–H groups in total. The van der Waals surface area contributed by atoms with Crippen molar-refractivity contribution in [3.05, 3.63) is 51.7 Å². The zero-order valence-corrected chi connectivity index (χ0v) is 18.8. The van der Waals surface area contributed by atoms with Gasteiger partial charge in [-0.05, 0) is 55.8 Å². The number of nitrogens with zero attached hydrogens (tertiary/aromatic N) is 2. The summed E-state index contributed by atoms with van der Waals surface area (Å²) in [5, 5.41) is 4.88. The predicted octanol–water partition coefficient (Wildman–Crippen LogP) is 4.00. The third-order valence-corrected chi connectivity index (χ3v) is 6.28. The Hall–Kier alpha value is -2.54. The lowest BCUT2D eigenvalue weighted by Gasteiger charge is -2.37. The van der Waals surface area contributed by atoms with Gasteiger partial charge in [-0.15, -0.1) is 11.3 Å². The number of hydrogen-bond donors (Lipinski definition) is 1. The van der Waals surface area contributed by atoms with Gasteiger partial charge in [0.25, 0.3) is 0 Å². The number of hydrogen-bond acceptors (Lipinski definition) is 4. The van der Waals surface area contributed by atoms with E-state index in [4.69, 9.17) is 4.74 Å². The number of carbonyl (C=O) groups is 2. The topological polar surface area (TPSA) is 61.9 Å². The molecule has 0 spiro atoms. The summed E-state index contributed by atoms with van der Waals surface area (Å²) >= 11 is 1.73. The van der Waals surface area contributed by atoms with E-state index in [1.165, 1.54) is 10.4 Å². The number of ether oxygens (including phenoxy) is 1. The fourth-order valence-electron chi connectivity index (χ4n) is 3.72. The van der Waals surface area contributed by atoms with E-state index in [-0.39, 0.29) is 24.5 Å². The number of benzene rings is 1. The van der Waals surface area contributed by atoms with Gasteiger partial charge in [0, 0.05) is 24.5 Å². The molecule has 162 valence electrons. The average molecular weight is 430 g/mol. The van der Waals surface area contributed by atoms with Crippen molar-refractivity contribution in [3.8, 4) is 5.75 Å². The second-order valence-electron chi connectivity index (χ2n) is 7.53. The van der Waals surface area contributed by atoms with Crippen LogP contribution in [0.5, 0.6) is 5.75 Å². The summed E-state index contributed by atoms with van der Waals surface area (Å²) in [4.78, 5) is 30.4. The number of rotatable bonds is 8. The minimum absolute atomic E-state index is 0.0379. The fourth-order valence-corrected chi connectivity index (χ4v) is 4.65. The van der Waals surface area contributed by atoms with Crippen molar-refractivity contribution in [1.82, 2.24) is 15.1 Å². The maximum absolute atomic E-state index is 13.2. The minimum atomic E-state index is -0.187.